The first kappa shape index (κ1) is 15.0. The van der Waals surface area contributed by atoms with Crippen molar-refractivity contribution in [1.82, 2.24) is 14.9 Å². The molecule has 20 heavy (non-hydrogen) atoms. The van der Waals surface area contributed by atoms with E-state index in [1.54, 1.807) is 18.2 Å². The molecule has 0 aliphatic rings. The minimum Gasteiger partial charge on any atom is -0.395 e. The van der Waals surface area contributed by atoms with Crippen LogP contribution in [0.25, 0.3) is 10.9 Å². The third-order valence-electron chi connectivity index (χ3n) is 3.05. The first-order valence-corrected chi connectivity index (χ1v) is 7.03. The van der Waals surface area contributed by atoms with Gasteiger partial charge in [-0.2, -0.15) is 0 Å². The van der Waals surface area contributed by atoms with Gasteiger partial charge >= 0.3 is 0 Å². The molecule has 1 heterocycles. The molecule has 2 rings (SSSR count). The molecule has 0 amide bonds. The smallest absolute Gasteiger partial charge is 0.258 e. The number of hydrogen-bond donors (Lipinski definition) is 2. The highest BCUT2D eigenvalue weighted by Gasteiger charge is 2.09. The monoisotopic (exact) mass is 295 g/mol. The van der Waals surface area contributed by atoms with Crippen LogP contribution >= 0.6 is 11.6 Å². The zero-order valence-corrected chi connectivity index (χ0v) is 12.2. The second-order valence-electron chi connectivity index (χ2n) is 4.67. The lowest BCUT2D eigenvalue weighted by Gasteiger charge is -2.19. The minimum absolute atomic E-state index is 0.0907. The highest BCUT2D eigenvalue weighted by Crippen LogP contribution is 2.14. The second-order valence-corrected chi connectivity index (χ2v) is 5.11. The van der Waals surface area contributed by atoms with Crippen LogP contribution in [0.3, 0.4) is 0 Å². The predicted octanol–water partition coefficient (Wildman–Crippen LogP) is 1.78. The van der Waals surface area contributed by atoms with Gasteiger partial charge in [0.05, 0.1) is 24.1 Å². The van der Waals surface area contributed by atoms with Crippen molar-refractivity contribution in [2.75, 3.05) is 19.7 Å². The number of fused-ring (bicyclic) bond motifs is 1. The molecule has 0 aliphatic heterocycles. The minimum atomic E-state index is -0.187. The standard InChI is InChI=1S/C14H18ClN3O2/c1-2-5-18(6-7-19)9-13-16-12-4-3-10(15)8-11(12)14(20)17-13/h3-4,8,19H,2,5-7,9H2,1H3,(H,16,17,20). The van der Waals surface area contributed by atoms with Gasteiger partial charge in [-0.1, -0.05) is 18.5 Å². The van der Waals surface area contributed by atoms with Gasteiger partial charge in [-0.05, 0) is 31.2 Å². The lowest BCUT2D eigenvalue weighted by atomic mass is 10.2. The fourth-order valence-electron chi connectivity index (χ4n) is 2.17. The molecule has 0 unspecified atom stereocenters. The first-order valence-electron chi connectivity index (χ1n) is 6.65. The number of aliphatic hydroxyl groups is 1. The number of rotatable bonds is 6. The van der Waals surface area contributed by atoms with Gasteiger partial charge in [-0.15, -0.1) is 0 Å². The van der Waals surface area contributed by atoms with Gasteiger partial charge in [0.1, 0.15) is 5.82 Å². The fourth-order valence-corrected chi connectivity index (χ4v) is 2.35. The largest absolute Gasteiger partial charge is 0.395 e. The zero-order valence-electron chi connectivity index (χ0n) is 11.4. The Kier molecular flexibility index (Phi) is 5.11. The normalized spacial score (nSPS) is 11.4. The van der Waals surface area contributed by atoms with Gasteiger partial charge in [0, 0.05) is 11.6 Å². The molecule has 108 valence electrons. The van der Waals surface area contributed by atoms with E-state index in [0.29, 0.717) is 34.8 Å². The van der Waals surface area contributed by atoms with Crippen molar-refractivity contribution in [2.24, 2.45) is 0 Å². The van der Waals surface area contributed by atoms with Gasteiger partial charge in [0.25, 0.3) is 5.56 Å². The molecule has 2 N–H and O–H groups in total. The maximum absolute atomic E-state index is 12.0. The maximum Gasteiger partial charge on any atom is 0.258 e. The van der Waals surface area contributed by atoms with Gasteiger partial charge in [0.2, 0.25) is 0 Å². The van der Waals surface area contributed by atoms with Crippen molar-refractivity contribution in [3.05, 3.63) is 39.4 Å². The van der Waals surface area contributed by atoms with Crippen LogP contribution in [0.1, 0.15) is 19.2 Å². The van der Waals surface area contributed by atoms with Crippen molar-refractivity contribution in [3.8, 4) is 0 Å². The molecule has 6 heteroatoms. The van der Waals surface area contributed by atoms with Crippen molar-refractivity contribution in [1.29, 1.82) is 0 Å². The summed E-state index contributed by atoms with van der Waals surface area (Å²) in [6, 6.07) is 5.08. The summed E-state index contributed by atoms with van der Waals surface area (Å²) in [6.45, 7) is 4.09. The van der Waals surface area contributed by atoms with Crippen LogP contribution in [0.4, 0.5) is 0 Å². The van der Waals surface area contributed by atoms with Crippen LogP contribution in [-0.2, 0) is 6.54 Å². The van der Waals surface area contributed by atoms with E-state index in [1.807, 2.05) is 0 Å². The van der Waals surface area contributed by atoms with Crippen LogP contribution in [-0.4, -0.2) is 39.7 Å². The van der Waals surface area contributed by atoms with Gasteiger partial charge in [-0.3, -0.25) is 9.69 Å². The summed E-state index contributed by atoms with van der Waals surface area (Å²) in [6.07, 6.45) is 0.980. The molecule has 0 fully saturated rings. The number of aliphatic hydroxyl groups excluding tert-OH is 1. The molecule has 0 spiro atoms. The number of aromatic nitrogens is 2. The van der Waals surface area contributed by atoms with Crippen molar-refractivity contribution in [2.45, 2.75) is 19.9 Å². The van der Waals surface area contributed by atoms with Crippen LogP contribution in [0.5, 0.6) is 0 Å². The fraction of sp³-hybridized carbons (Fsp3) is 0.429. The summed E-state index contributed by atoms with van der Waals surface area (Å²) < 4.78 is 0. The molecule has 0 saturated heterocycles. The summed E-state index contributed by atoms with van der Waals surface area (Å²) in [5, 5.41) is 10.1. The van der Waals surface area contributed by atoms with E-state index in [-0.39, 0.29) is 12.2 Å². The van der Waals surface area contributed by atoms with Crippen LogP contribution in [0.2, 0.25) is 5.02 Å². The lowest BCUT2D eigenvalue weighted by molar-refractivity contribution is 0.187. The topological polar surface area (TPSA) is 69.2 Å². The van der Waals surface area contributed by atoms with Crippen LogP contribution in [0, 0.1) is 0 Å². The molecule has 1 aromatic heterocycles. The molecule has 0 saturated carbocycles. The number of benzene rings is 1. The molecule has 0 atom stereocenters. The van der Waals surface area contributed by atoms with Crippen molar-refractivity contribution in [3.63, 3.8) is 0 Å². The Balaban J connectivity index is 2.31. The van der Waals surface area contributed by atoms with E-state index in [9.17, 15) is 4.79 Å². The predicted molar refractivity (Wildman–Crippen MR) is 80.0 cm³/mol. The molecule has 2 aromatic rings. The number of H-pyrrole nitrogens is 1. The summed E-state index contributed by atoms with van der Waals surface area (Å²) in [4.78, 5) is 21.3. The highest BCUT2D eigenvalue weighted by atomic mass is 35.5. The molecule has 0 bridgehead atoms. The van der Waals surface area contributed by atoms with E-state index < -0.39 is 0 Å². The molecule has 1 aromatic carbocycles. The quantitative estimate of drug-likeness (QED) is 0.852. The summed E-state index contributed by atoms with van der Waals surface area (Å²) >= 11 is 5.88. The molecular weight excluding hydrogens is 278 g/mol. The molecule has 5 nitrogen and oxygen atoms in total. The zero-order chi connectivity index (χ0) is 14.5. The van der Waals surface area contributed by atoms with E-state index in [0.717, 1.165) is 13.0 Å². The maximum atomic E-state index is 12.0. The third-order valence-corrected chi connectivity index (χ3v) is 3.28. The van der Waals surface area contributed by atoms with Gasteiger partial charge in [-0.25, -0.2) is 4.98 Å². The second kappa shape index (κ2) is 6.83. The first-order chi connectivity index (χ1) is 9.63. The van der Waals surface area contributed by atoms with E-state index in [1.165, 1.54) is 0 Å². The van der Waals surface area contributed by atoms with Crippen LogP contribution < -0.4 is 5.56 Å². The van der Waals surface area contributed by atoms with Gasteiger partial charge in [0.15, 0.2) is 0 Å². The Labute approximate surface area is 122 Å². The van der Waals surface area contributed by atoms with Crippen molar-refractivity contribution >= 4 is 22.5 Å². The number of nitrogens with one attached hydrogen (secondary N) is 1. The highest BCUT2D eigenvalue weighted by molar-refractivity contribution is 6.31. The number of halogens is 1. The van der Waals surface area contributed by atoms with Gasteiger partial charge < -0.3 is 10.1 Å². The molecular formula is C14H18ClN3O2. The average Bonchev–Trinajstić information content (AvgIpc) is 2.40. The van der Waals surface area contributed by atoms with Crippen molar-refractivity contribution < 1.29 is 5.11 Å². The Hall–Kier alpha value is -1.43. The van der Waals surface area contributed by atoms with Crippen LogP contribution in [0.15, 0.2) is 23.0 Å². The molecule has 0 radical (unpaired) electrons. The number of hydrogen-bond acceptors (Lipinski definition) is 4. The number of nitrogens with zero attached hydrogens (tertiary/aromatic N) is 2. The molecule has 0 aliphatic carbocycles. The SMILES string of the molecule is CCCN(CCO)Cc1nc2ccc(Cl)cc2c(=O)[nH]1. The Morgan fingerprint density at radius 3 is 2.90 bits per heavy atom. The third kappa shape index (κ3) is 3.56. The summed E-state index contributed by atoms with van der Waals surface area (Å²) in [7, 11) is 0. The van der Waals surface area contributed by atoms with E-state index in [2.05, 4.69) is 21.8 Å². The Morgan fingerprint density at radius 2 is 2.20 bits per heavy atom. The lowest BCUT2D eigenvalue weighted by Crippen LogP contribution is -2.29. The Morgan fingerprint density at radius 1 is 1.40 bits per heavy atom. The van der Waals surface area contributed by atoms with E-state index >= 15 is 0 Å². The summed E-state index contributed by atoms with van der Waals surface area (Å²) in [5.74, 6) is 0.603. The number of aromatic amines is 1. The summed E-state index contributed by atoms with van der Waals surface area (Å²) in [5.41, 5.74) is 0.446. The average molecular weight is 296 g/mol. The Bertz CT molecular complexity index is 636. The van der Waals surface area contributed by atoms with E-state index in [4.69, 9.17) is 16.7 Å².